The van der Waals surface area contributed by atoms with Crippen molar-refractivity contribution >= 4 is 17.7 Å². The van der Waals surface area contributed by atoms with Gasteiger partial charge in [0.1, 0.15) is 146 Å². The first-order chi connectivity index (χ1) is 35.9. The fourth-order valence-corrected chi connectivity index (χ4v) is 9.32. The van der Waals surface area contributed by atoms with Crippen molar-refractivity contribution in [3.63, 3.8) is 0 Å². The molecule has 34 heteroatoms. The molecule has 0 unspecified atom stereocenters. The molecule has 0 aromatic rings. The van der Waals surface area contributed by atoms with Crippen molar-refractivity contribution in [1.29, 1.82) is 0 Å². The number of carbonyl (C=O) groups is 3. The maximum atomic E-state index is 12.6. The average Bonchev–Trinajstić information content (AvgIpc) is 3.38. The maximum absolute atomic E-state index is 12.6. The van der Waals surface area contributed by atoms with E-state index in [-0.39, 0.29) is 0 Å². The molecule has 5 aliphatic rings. The molecule has 0 spiro atoms. The minimum Gasteiger partial charge on any atom is -0.394 e. The highest BCUT2D eigenvalue weighted by atomic mass is 16.8. The fourth-order valence-electron chi connectivity index (χ4n) is 9.32. The number of aliphatic hydroxyl groups is 18. The quantitative estimate of drug-likeness (QED) is 0.0452. The van der Waals surface area contributed by atoms with Gasteiger partial charge in [-0.15, -0.1) is 0 Å². The van der Waals surface area contributed by atoms with E-state index >= 15 is 0 Å². The molecule has 0 aromatic heterocycles. The highest BCUT2D eigenvalue weighted by Gasteiger charge is 2.58. The van der Waals surface area contributed by atoms with E-state index in [9.17, 15) is 106 Å². The van der Waals surface area contributed by atoms with Crippen molar-refractivity contribution in [3.05, 3.63) is 0 Å². The van der Waals surface area contributed by atoms with Crippen LogP contribution in [0.2, 0.25) is 0 Å². The Morgan fingerprint density at radius 3 is 1.09 bits per heavy atom. The molecule has 3 amide bonds. The first kappa shape index (κ1) is 64.1. The third-order valence-corrected chi connectivity index (χ3v) is 13.3. The topological polar surface area (TPSA) is 544 Å². The Labute approximate surface area is 431 Å². The van der Waals surface area contributed by atoms with Gasteiger partial charge in [0.05, 0.1) is 46.2 Å². The van der Waals surface area contributed by atoms with Crippen LogP contribution < -0.4 is 16.0 Å². The van der Waals surface area contributed by atoms with E-state index in [0.29, 0.717) is 0 Å². The second kappa shape index (κ2) is 28.6. The highest BCUT2D eigenvalue weighted by Crippen LogP contribution is 2.36. The smallest absolute Gasteiger partial charge is 0.217 e. The molecule has 0 aliphatic carbocycles. The van der Waals surface area contributed by atoms with Crippen molar-refractivity contribution in [2.75, 3.05) is 46.2 Å². The van der Waals surface area contributed by atoms with Crippen LogP contribution in [0.15, 0.2) is 0 Å². The zero-order chi connectivity index (χ0) is 56.6. The fraction of sp³-hybridized carbons (Fsp3) is 0.929. The minimum atomic E-state index is -2.24. The first-order valence-corrected chi connectivity index (χ1v) is 24.0. The lowest BCUT2D eigenvalue weighted by molar-refractivity contribution is -0.382. The molecular formula is C42H73N3O31. The Balaban J connectivity index is 1.39. The van der Waals surface area contributed by atoms with Gasteiger partial charge in [0, 0.05) is 20.8 Å². The van der Waals surface area contributed by atoms with Crippen LogP contribution in [0, 0.1) is 0 Å². The van der Waals surface area contributed by atoms with Crippen LogP contribution >= 0.6 is 0 Å². The molecule has 29 atom stereocenters. The number of rotatable bonds is 23. The standard InChI is InChI=1S/C42H73N3O31/c1-11(53)43-21-28(62)25(59)16(6-48)67-38(21)73-34-19(9-51)70-39(22(29(34)63)44-12(2)54)76-37-27(61)18(8-50)69-42(32(37)66)74-35-20(10-52)71-40(23(30(35)64)45-13(3)55)75-36-26(60)17(7-49)68-41(31(36)65)72-33(15(57)5-47)24(58)14(56)4-46/h14-42,46-52,56-66H,4-10H2,1-3H3,(H,43,53)(H,44,54)(H,45,55)/t14-,15+,16+,17+,18+,19+,20+,21+,22+,23+,24+,25-,26-,27-,28+,29+,30+,31+,32+,33+,34+,35+,36-,37-,38-,39-,40-,41-,42-/m0/s1. The van der Waals surface area contributed by atoms with Gasteiger partial charge in [-0.3, -0.25) is 14.4 Å². The summed E-state index contributed by atoms with van der Waals surface area (Å²) in [5.41, 5.74) is 0. The Morgan fingerprint density at radius 2 is 0.711 bits per heavy atom. The van der Waals surface area contributed by atoms with Crippen molar-refractivity contribution in [2.45, 2.75) is 199 Å². The molecule has 0 aromatic carbocycles. The second-order valence-electron chi connectivity index (χ2n) is 18.7. The van der Waals surface area contributed by atoms with E-state index in [1.165, 1.54) is 0 Å². The monoisotopic (exact) mass is 1120 g/mol. The third kappa shape index (κ3) is 14.6. The van der Waals surface area contributed by atoms with Gasteiger partial charge < -0.3 is 155 Å². The van der Waals surface area contributed by atoms with Crippen LogP contribution in [-0.2, 0) is 61.8 Å². The van der Waals surface area contributed by atoms with Crippen LogP contribution in [-0.4, -0.2) is 334 Å². The van der Waals surface area contributed by atoms with Crippen molar-refractivity contribution < 1.29 is 154 Å². The van der Waals surface area contributed by atoms with E-state index in [1.54, 1.807) is 0 Å². The zero-order valence-corrected chi connectivity index (χ0v) is 41.0. The number of carbonyl (C=O) groups excluding carboxylic acids is 3. The van der Waals surface area contributed by atoms with Gasteiger partial charge in [-0.2, -0.15) is 0 Å². The van der Waals surface area contributed by atoms with Crippen LogP contribution in [0.3, 0.4) is 0 Å². The van der Waals surface area contributed by atoms with Crippen LogP contribution in [0.5, 0.6) is 0 Å². The molecule has 76 heavy (non-hydrogen) atoms. The van der Waals surface area contributed by atoms with Gasteiger partial charge in [-0.1, -0.05) is 0 Å². The molecule has 0 bridgehead atoms. The van der Waals surface area contributed by atoms with Crippen LogP contribution in [0.4, 0.5) is 0 Å². The summed E-state index contributed by atoms with van der Waals surface area (Å²) in [7, 11) is 0. The normalized spacial score (nSPS) is 43.8. The molecule has 442 valence electrons. The number of hydrogen-bond donors (Lipinski definition) is 21. The van der Waals surface area contributed by atoms with E-state index in [4.69, 9.17) is 47.4 Å². The predicted octanol–water partition coefficient (Wildman–Crippen LogP) is -14.0. The molecule has 5 rings (SSSR count). The van der Waals surface area contributed by atoms with Gasteiger partial charge in [0.2, 0.25) is 17.7 Å². The molecular weight excluding hydrogens is 1040 g/mol. The summed E-state index contributed by atoms with van der Waals surface area (Å²) in [6.45, 7) is -4.12. The molecule has 5 aliphatic heterocycles. The lowest BCUT2D eigenvalue weighted by atomic mass is 9.93. The average molecular weight is 1120 g/mol. The summed E-state index contributed by atoms with van der Waals surface area (Å²) < 4.78 is 57.7. The zero-order valence-electron chi connectivity index (χ0n) is 41.0. The summed E-state index contributed by atoms with van der Waals surface area (Å²) in [6, 6.07) is -5.13. The summed E-state index contributed by atoms with van der Waals surface area (Å²) in [6.07, 6.45) is -50.3. The number of ether oxygens (including phenoxy) is 10. The van der Waals surface area contributed by atoms with Gasteiger partial charge >= 0.3 is 0 Å². The van der Waals surface area contributed by atoms with E-state index in [1.807, 2.05) is 0 Å². The molecule has 5 fully saturated rings. The van der Waals surface area contributed by atoms with Crippen molar-refractivity contribution in [2.24, 2.45) is 0 Å². The first-order valence-electron chi connectivity index (χ1n) is 24.0. The summed E-state index contributed by atoms with van der Waals surface area (Å²) >= 11 is 0. The molecule has 34 nitrogen and oxygen atoms in total. The van der Waals surface area contributed by atoms with Gasteiger partial charge in [0.15, 0.2) is 31.5 Å². The van der Waals surface area contributed by atoms with Crippen molar-refractivity contribution in [3.8, 4) is 0 Å². The summed E-state index contributed by atoms with van der Waals surface area (Å²) in [5.74, 6) is -2.45. The number of aliphatic hydroxyl groups excluding tert-OH is 18. The number of hydrogen-bond acceptors (Lipinski definition) is 31. The summed E-state index contributed by atoms with van der Waals surface area (Å²) in [4.78, 5) is 37.2. The molecule has 5 heterocycles. The van der Waals surface area contributed by atoms with Gasteiger partial charge in [-0.05, 0) is 0 Å². The SMILES string of the molecule is CC(=O)N[C@H]1[C@H](O[C@H]2[C@@H](O)[C@@H](CO)O[C@@H](O[C@@H]([C@H](O)[C@@H](O)CO)[C@H](O)CO)[C@@H]2O)O[C@H](CO)[C@@H](O[C@@H]2O[C@H](CO)[C@H](O)[C@H](O[C@@H]3O[C@H](CO)[C@@H](O[C@@H]4O[C@H](CO)[C@H](O)[C@H](O)[C@H]4NC(C)=O)[C@H](O)[C@H]3NC(C)=O)[C@H]2O)[C@@H]1O. The maximum Gasteiger partial charge on any atom is 0.217 e. The Morgan fingerprint density at radius 1 is 0.395 bits per heavy atom. The minimum absolute atomic E-state index is 0.735. The van der Waals surface area contributed by atoms with Crippen LogP contribution in [0.1, 0.15) is 20.8 Å². The van der Waals surface area contributed by atoms with Gasteiger partial charge in [-0.25, -0.2) is 0 Å². The Hall–Kier alpha value is -2.71. The Kier molecular flexibility index (Phi) is 24.1. The molecule has 21 N–H and O–H groups in total. The second-order valence-corrected chi connectivity index (χ2v) is 18.7. The van der Waals surface area contributed by atoms with Crippen molar-refractivity contribution in [1.82, 2.24) is 16.0 Å². The Bertz CT molecular complexity index is 1820. The number of amides is 3. The van der Waals surface area contributed by atoms with E-state index in [2.05, 4.69) is 16.0 Å². The summed E-state index contributed by atoms with van der Waals surface area (Å²) in [5, 5.41) is 199. The number of nitrogens with one attached hydrogen (secondary N) is 3. The van der Waals surface area contributed by atoms with Gasteiger partial charge in [0.25, 0.3) is 0 Å². The molecule has 0 radical (unpaired) electrons. The lowest BCUT2D eigenvalue weighted by Gasteiger charge is -2.51. The highest BCUT2D eigenvalue weighted by molar-refractivity contribution is 5.74. The lowest BCUT2D eigenvalue weighted by Crippen LogP contribution is -2.71. The largest absolute Gasteiger partial charge is 0.394 e. The predicted molar refractivity (Wildman–Crippen MR) is 236 cm³/mol. The van der Waals surface area contributed by atoms with Crippen LogP contribution in [0.25, 0.3) is 0 Å². The third-order valence-electron chi connectivity index (χ3n) is 13.3. The van der Waals surface area contributed by atoms with E-state index < -0.39 is 242 Å². The molecule has 0 saturated carbocycles. The van der Waals surface area contributed by atoms with E-state index in [0.717, 1.165) is 20.8 Å². The molecule has 5 saturated heterocycles.